The van der Waals surface area contributed by atoms with Gasteiger partial charge in [-0.3, -0.25) is 0 Å². The van der Waals surface area contributed by atoms with E-state index in [0.29, 0.717) is 0 Å². The van der Waals surface area contributed by atoms with Gasteiger partial charge < -0.3 is 0 Å². The van der Waals surface area contributed by atoms with E-state index in [1.165, 1.54) is 22.4 Å². The van der Waals surface area contributed by atoms with Crippen LogP contribution in [0.2, 0.25) is 0 Å². The van der Waals surface area contributed by atoms with Gasteiger partial charge in [0, 0.05) is 17.2 Å². The highest BCUT2D eigenvalue weighted by Crippen LogP contribution is 2.19. The highest BCUT2D eigenvalue weighted by Gasteiger charge is 2.25. The number of pyridine rings is 1. The molecule has 0 unspecified atom stereocenters. The summed E-state index contributed by atoms with van der Waals surface area (Å²) in [6.07, 6.45) is 4.28. The Balaban J connectivity index is 2.21. The first-order chi connectivity index (χ1) is 10.1. The van der Waals surface area contributed by atoms with Crippen molar-refractivity contribution in [1.82, 2.24) is 4.68 Å². The van der Waals surface area contributed by atoms with E-state index in [0.717, 1.165) is 5.82 Å². The first-order valence-electron chi connectivity index (χ1n) is 7.18. The van der Waals surface area contributed by atoms with Gasteiger partial charge in [-0.15, -0.1) is 4.57 Å². The van der Waals surface area contributed by atoms with E-state index in [-0.39, 0.29) is 0 Å². The van der Waals surface area contributed by atoms with Crippen molar-refractivity contribution >= 4 is 0 Å². The zero-order chi connectivity index (χ0) is 15.0. The Morgan fingerprint density at radius 1 is 0.952 bits per heavy atom. The molecule has 0 aliphatic carbocycles. The van der Waals surface area contributed by atoms with E-state index in [4.69, 9.17) is 0 Å². The molecule has 0 radical (unpaired) electrons. The van der Waals surface area contributed by atoms with Crippen LogP contribution in [0.3, 0.4) is 0 Å². The molecular formula is C18H21N3+2. The van der Waals surface area contributed by atoms with E-state index in [9.17, 15) is 0 Å². The zero-order valence-corrected chi connectivity index (χ0v) is 13.0. The van der Waals surface area contributed by atoms with Crippen molar-refractivity contribution in [2.75, 3.05) is 0 Å². The molecule has 3 rings (SSSR count). The fourth-order valence-corrected chi connectivity index (χ4v) is 2.84. The third-order valence-corrected chi connectivity index (χ3v) is 3.92. The molecule has 2 aromatic heterocycles. The van der Waals surface area contributed by atoms with Gasteiger partial charge >= 0.3 is 5.82 Å². The Hall–Kier alpha value is -2.42. The smallest absolute Gasteiger partial charge is 0.153 e. The third-order valence-electron chi connectivity index (χ3n) is 3.92. The minimum atomic E-state index is 1.14. The second-order valence-electron chi connectivity index (χ2n) is 5.56. The van der Waals surface area contributed by atoms with Crippen LogP contribution in [0.25, 0.3) is 17.1 Å². The molecule has 106 valence electrons. The molecule has 0 bridgehead atoms. The van der Waals surface area contributed by atoms with Crippen LogP contribution in [0.1, 0.15) is 11.1 Å². The molecule has 0 N–H and O–H groups in total. The molecule has 0 aliphatic rings. The van der Waals surface area contributed by atoms with Crippen molar-refractivity contribution < 1.29 is 9.25 Å². The largest absolute Gasteiger partial charge is 0.472 e. The van der Waals surface area contributed by atoms with Crippen LogP contribution in [-0.2, 0) is 14.1 Å². The number of nitrogens with zero attached hydrogens (tertiary/aromatic N) is 3. The van der Waals surface area contributed by atoms with Crippen LogP contribution in [0.15, 0.2) is 54.9 Å². The summed E-state index contributed by atoms with van der Waals surface area (Å²) in [6, 6.07) is 14.9. The lowest BCUT2D eigenvalue weighted by Gasteiger charge is -2.04. The SMILES string of the molecule is Cc1cn(C)[n+](-c2cccc(-c3ccccc3C)[n+]2C)c1. The number of aryl methyl sites for hydroxylation is 3. The minimum absolute atomic E-state index is 1.14. The Bertz CT molecular complexity index is 800. The zero-order valence-electron chi connectivity index (χ0n) is 13.0. The maximum Gasteiger partial charge on any atom is 0.472 e. The molecule has 3 aromatic rings. The van der Waals surface area contributed by atoms with Crippen molar-refractivity contribution in [3.63, 3.8) is 0 Å². The predicted octanol–water partition coefficient (Wildman–Crippen LogP) is 2.41. The van der Waals surface area contributed by atoms with E-state index in [1.54, 1.807) is 0 Å². The average molecular weight is 279 g/mol. The van der Waals surface area contributed by atoms with Crippen molar-refractivity contribution in [1.29, 1.82) is 0 Å². The topological polar surface area (TPSA) is 12.7 Å². The van der Waals surface area contributed by atoms with E-state index < -0.39 is 0 Å². The number of aromatic nitrogens is 3. The number of hydrogen-bond acceptors (Lipinski definition) is 0. The summed E-state index contributed by atoms with van der Waals surface area (Å²) >= 11 is 0. The summed E-state index contributed by atoms with van der Waals surface area (Å²) in [4.78, 5) is 0. The molecule has 0 spiro atoms. The van der Waals surface area contributed by atoms with Gasteiger partial charge in [-0.1, -0.05) is 18.2 Å². The van der Waals surface area contributed by atoms with Crippen LogP contribution in [0.4, 0.5) is 0 Å². The van der Waals surface area contributed by atoms with Crippen LogP contribution < -0.4 is 9.25 Å². The van der Waals surface area contributed by atoms with Crippen LogP contribution >= 0.6 is 0 Å². The number of rotatable bonds is 2. The summed E-state index contributed by atoms with van der Waals surface area (Å²) in [5.74, 6) is 1.14. The van der Waals surface area contributed by atoms with Crippen molar-refractivity contribution in [2.24, 2.45) is 14.1 Å². The average Bonchev–Trinajstić information content (AvgIpc) is 2.79. The minimum Gasteiger partial charge on any atom is -0.153 e. The molecule has 0 aliphatic heterocycles. The molecule has 3 heteroatoms. The molecule has 0 amide bonds. The van der Waals surface area contributed by atoms with Gasteiger partial charge in [0.15, 0.2) is 0 Å². The van der Waals surface area contributed by atoms with Crippen LogP contribution in [0.5, 0.6) is 0 Å². The number of benzene rings is 1. The van der Waals surface area contributed by atoms with E-state index >= 15 is 0 Å². The van der Waals surface area contributed by atoms with Crippen LogP contribution in [-0.4, -0.2) is 4.68 Å². The Kier molecular flexibility index (Phi) is 3.34. The second kappa shape index (κ2) is 5.17. The molecule has 0 saturated heterocycles. The van der Waals surface area contributed by atoms with Crippen molar-refractivity contribution in [3.05, 3.63) is 66.0 Å². The summed E-state index contributed by atoms with van der Waals surface area (Å²) < 4.78 is 6.51. The van der Waals surface area contributed by atoms with Gasteiger partial charge in [0.05, 0.1) is 19.3 Å². The normalized spacial score (nSPS) is 10.9. The highest BCUT2D eigenvalue weighted by molar-refractivity contribution is 5.60. The quantitative estimate of drug-likeness (QED) is 0.639. The molecule has 0 fully saturated rings. The maximum absolute atomic E-state index is 2.24. The van der Waals surface area contributed by atoms with E-state index in [2.05, 4.69) is 96.7 Å². The molecule has 3 nitrogen and oxygen atoms in total. The standard InChI is InChI=1S/C18H21N3/c1-14-12-19(3)21(13-14)18-11-7-10-17(20(18)4)16-9-6-5-8-15(16)2/h5-13H,1-4H3/q+2. The summed E-state index contributed by atoms with van der Waals surface area (Å²) in [5, 5.41) is 0. The van der Waals surface area contributed by atoms with E-state index in [1.807, 2.05) is 0 Å². The summed E-state index contributed by atoms with van der Waals surface area (Å²) in [6.45, 7) is 4.27. The maximum atomic E-state index is 2.24. The highest BCUT2D eigenvalue weighted by atomic mass is 15.4. The first-order valence-corrected chi connectivity index (χ1v) is 7.18. The lowest BCUT2D eigenvalue weighted by atomic mass is 10.1. The van der Waals surface area contributed by atoms with Crippen molar-refractivity contribution in [3.8, 4) is 17.1 Å². The van der Waals surface area contributed by atoms with Crippen molar-refractivity contribution in [2.45, 2.75) is 13.8 Å². The fourth-order valence-electron chi connectivity index (χ4n) is 2.84. The predicted molar refractivity (Wildman–Crippen MR) is 83.0 cm³/mol. The van der Waals surface area contributed by atoms with Gasteiger partial charge in [-0.25, -0.2) is 0 Å². The lowest BCUT2D eigenvalue weighted by Crippen LogP contribution is -2.51. The molecule has 1 aromatic carbocycles. The molecule has 0 atom stereocenters. The monoisotopic (exact) mass is 279 g/mol. The Morgan fingerprint density at radius 3 is 2.38 bits per heavy atom. The Morgan fingerprint density at radius 2 is 1.71 bits per heavy atom. The third kappa shape index (κ3) is 2.35. The van der Waals surface area contributed by atoms with Gasteiger partial charge in [-0.05, 0) is 36.2 Å². The fraction of sp³-hybridized carbons (Fsp3) is 0.222. The summed E-state index contributed by atoms with van der Waals surface area (Å²) in [7, 11) is 4.18. The molecular weight excluding hydrogens is 258 g/mol. The van der Waals surface area contributed by atoms with Gasteiger partial charge in [0.25, 0.3) is 0 Å². The molecule has 21 heavy (non-hydrogen) atoms. The van der Waals surface area contributed by atoms with Crippen LogP contribution in [0, 0.1) is 13.8 Å². The lowest BCUT2D eigenvalue weighted by molar-refractivity contribution is -0.809. The second-order valence-corrected chi connectivity index (χ2v) is 5.56. The molecule has 0 saturated carbocycles. The summed E-state index contributed by atoms with van der Waals surface area (Å²) in [5.41, 5.74) is 5.03. The number of hydrogen-bond donors (Lipinski definition) is 0. The van der Waals surface area contributed by atoms with Gasteiger partial charge in [-0.2, -0.15) is 4.68 Å². The molecule has 2 heterocycles. The first kappa shape index (κ1) is 13.6. The Labute approximate surface area is 125 Å². The van der Waals surface area contributed by atoms with Gasteiger partial charge in [0.1, 0.15) is 7.05 Å². The van der Waals surface area contributed by atoms with Gasteiger partial charge in [0.2, 0.25) is 11.9 Å².